The summed E-state index contributed by atoms with van der Waals surface area (Å²) in [6.07, 6.45) is 2.57. The Morgan fingerprint density at radius 1 is 1.16 bits per heavy atom. The average Bonchev–Trinajstić information content (AvgIpc) is 2.33. The standard InChI is InChI=1S/C14H28N2O3/c1-5-12(10(2)3)16-14(19)15-9-8-11(4)6-7-13(17)18/h10-12H,5-9H2,1-4H3,(H,17,18)(H2,15,16,19). The smallest absolute Gasteiger partial charge is 0.315 e. The normalized spacial score (nSPS) is 13.9. The number of carboxylic acids is 1. The fraction of sp³-hybridized carbons (Fsp3) is 0.857. The van der Waals surface area contributed by atoms with E-state index in [4.69, 9.17) is 5.11 Å². The highest BCUT2D eigenvalue weighted by Crippen LogP contribution is 2.09. The number of nitrogens with one attached hydrogen (secondary N) is 2. The third-order valence-electron chi connectivity index (χ3n) is 3.33. The van der Waals surface area contributed by atoms with Crippen LogP contribution in [0.3, 0.4) is 0 Å². The van der Waals surface area contributed by atoms with E-state index >= 15 is 0 Å². The largest absolute Gasteiger partial charge is 0.481 e. The Morgan fingerprint density at radius 3 is 2.26 bits per heavy atom. The molecule has 0 aromatic carbocycles. The molecule has 112 valence electrons. The molecule has 0 rings (SSSR count). The monoisotopic (exact) mass is 272 g/mol. The molecule has 0 aromatic heterocycles. The lowest BCUT2D eigenvalue weighted by atomic mass is 10.0. The maximum atomic E-state index is 11.6. The maximum absolute atomic E-state index is 11.6. The highest BCUT2D eigenvalue weighted by Gasteiger charge is 2.13. The Hall–Kier alpha value is -1.26. The van der Waals surface area contributed by atoms with Gasteiger partial charge in [-0.05, 0) is 31.1 Å². The average molecular weight is 272 g/mol. The first-order chi connectivity index (χ1) is 8.86. The second-order valence-corrected chi connectivity index (χ2v) is 5.49. The van der Waals surface area contributed by atoms with Crippen molar-refractivity contribution < 1.29 is 14.7 Å². The summed E-state index contributed by atoms with van der Waals surface area (Å²) in [6, 6.07) is 0.0652. The van der Waals surface area contributed by atoms with Crippen molar-refractivity contribution in [2.24, 2.45) is 11.8 Å². The molecule has 0 aliphatic rings. The zero-order chi connectivity index (χ0) is 14.8. The first-order valence-electron chi connectivity index (χ1n) is 7.12. The molecule has 0 radical (unpaired) electrons. The zero-order valence-electron chi connectivity index (χ0n) is 12.5. The van der Waals surface area contributed by atoms with Crippen molar-refractivity contribution in [2.45, 2.75) is 59.4 Å². The second-order valence-electron chi connectivity index (χ2n) is 5.49. The molecule has 0 heterocycles. The van der Waals surface area contributed by atoms with Gasteiger partial charge in [-0.3, -0.25) is 4.79 Å². The fourth-order valence-electron chi connectivity index (χ4n) is 1.91. The minimum atomic E-state index is -0.764. The van der Waals surface area contributed by atoms with Gasteiger partial charge in [-0.1, -0.05) is 27.7 Å². The van der Waals surface area contributed by atoms with Crippen LogP contribution in [-0.2, 0) is 4.79 Å². The van der Waals surface area contributed by atoms with Gasteiger partial charge >= 0.3 is 12.0 Å². The Balaban J connectivity index is 3.76. The number of amides is 2. The van der Waals surface area contributed by atoms with Crippen molar-refractivity contribution in [3.8, 4) is 0 Å². The molecule has 5 nitrogen and oxygen atoms in total. The van der Waals surface area contributed by atoms with Gasteiger partial charge in [0.25, 0.3) is 0 Å². The molecule has 2 unspecified atom stereocenters. The van der Waals surface area contributed by atoms with Crippen molar-refractivity contribution in [2.75, 3.05) is 6.54 Å². The van der Waals surface area contributed by atoms with Crippen LogP contribution in [-0.4, -0.2) is 29.7 Å². The molecular formula is C14H28N2O3. The number of aliphatic carboxylic acids is 1. The van der Waals surface area contributed by atoms with Gasteiger partial charge in [0.05, 0.1) is 0 Å². The molecule has 0 saturated carbocycles. The van der Waals surface area contributed by atoms with Gasteiger partial charge < -0.3 is 15.7 Å². The summed E-state index contributed by atoms with van der Waals surface area (Å²) in [5, 5.41) is 14.3. The topological polar surface area (TPSA) is 78.4 Å². The number of rotatable bonds is 9. The molecule has 0 aromatic rings. The third kappa shape index (κ3) is 9.33. The van der Waals surface area contributed by atoms with E-state index in [2.05, 4.69) is 31.4 Å². The minimum Gasteiger partial charge on any atom is -0.481 e. The van der Waals surface area contributed by atoms with Crippen LogP contribution in [0.1, 0.15) is 53.4 Å². The van der Waals surface area contributed by atoms with Gasteiger partial charge in [-0.2, -0.15) is 0 Å². The number of carbonyl (C=O) groups is 2. The van der Waals surface area contributed by atoms with Gasteiger partial charge in [0.15, 0.2) is 0 Å². The lowest BCUT2D eigenvalue weighted by molar-refractivity contribution is -0.137. The van der Waals surface area contributed by atoms with Crippen LogP contribution in [0.2, 0.25) is 0 Å². The SMILES string of the molecule is CCC(NC(=O)NCCC(C)CCC(=O)O)C(C)C. The zero-order valence-corrected chi connectivity index (χ0v) is 12.5. The van der Waals surface area contributed by atoms with Gasteiger partial charge in [0.2, 0.25) is 0 Å². The van der Waals surface area contributed by atoms with E-state index in [0.29, 0.717) is 24.8 Å². The minimum absolute atomic E-state index is 0.133. The van der Waals surface area contributed by atoms with Crippen LogP contribution in [0.25, 0.3) is 0 Å². The molecule has 0 aliphatic heterocycles. The molecule has 0 aliphatic carbocycles. The molecule has 2 amide bonds. The highest BCUT2D eigenvalue weighted by atomic mass is 16.4. The van der Waals surface area contributed by atoms with Crippen LogP contribution in [0, 0.1) is 11.8 Å². The fourth-order valence-corrected chi connectivity index (χ4v) is 1.91. The van der Waals surface area contributed by atoms with Gasteiger partial charge in [-0.15, -0.1) is 0 Å². The Kier molecular flexibility index (Phi) is 9.00. The van der Waals surface area contributed by atoms with E-state index < -0.39 is 5.97 Å². The number of hydrogen-bond acceptors (Lipinski definition) is 2. The van der Waals surface area contributed by atoms with Crippen molar-refractivity contribution in [1.29, 1.82) is 0 Å². The molecule has 2 atom stereocenters. The third-order valence-corrected chi connectivity index (χ3v) is 3.33. The number of carbonyl (C=O) groups excluding carboxylic acids is 1. The molecule has 0 spiro atoms. The number of hydrogen-bond donors (Lipinski definition) is 3. The summed E-state index contributed by atoms with van der Waals surface area (Å²) in [6.45, 7) is 8.82. The highest BCUT2D eigenvalue weighted by molar-refractivity contribution is 5.74. The summed E-state index contributed by atoms with van der Waals surface area (Å²) in [4.78, 5) is 22.1. The summed E-state index contributed by atoms with van der Waals surface area (Å²) < 4.78 is 0. The van der Waals surface area contributed by atoms with Crippen LogP contribution < -0.4 is 10.6 Å². The van der Waals surface area contributed by atoms with Gasteiger partial charge in [0.1, 0.15) is 0 Å². The Morgan fingerprint density at radius 2 is 1.79 bits per heavy atom. The predicted molar refractivity (Wildman–Crippen MR) is 76.1 cm³/mol. The van der Waals surface area contributed by atoms with Gasteiger partial charge in [-0.25, -0.2) is 4.79 Å². The molecule has 0 saturated heterocycles. The predicted octanol–water partition coefficient (Wildman–Crippen LogP) is 2.61. The summed E-state index contributed by atoms with van der Waals surface area (Å²) in [7, 11) is 0. The van der Waals surface area contributed by atoms with Gasteiger partial charge in [0, 0.05) is 19.0 Å². The molecule has 0 bridgehead atoms. The summed E-state index contributed by atoms with van der Waals surface area (Å²) in [5.41, 5.74) is 0. The first-order valence-corrected chi connectivity index (χ1v) is 7.12. The second kappa shape index (κ2) is 9.64. The molecule has 0 fully saturated rings. The van der Waals surface area contributed by atoms with E-state index in [1.165, 1.54) is 0 Å². The van der Waals surface area contributed by atoms with E-state index in [9.17, 15) is 9.59 Å². The Labute approximate surface area is 116 Å². The number of carboxylic acid groups (broad SMARTS) is 1. The van der Waals surface area contributed by atoms with Crippen molar-refractivity contribution in [3.05, 3.63) is 0 Å². The quantitative estimate of drug-likeness (QED) is 0.603. The molecule has 5 heteroatoms. The summed E-state index contributed by atoms with van der Waals surface area (Å²) in [5.74, 6) is -0.0333. The van der Waals surface area contributed by atoms with E-state index in [1.54, 1.807) is 0 Å². The lowest BCUT2D eigenvalue weighted by Crippen LogP contribution is -2.44. The van der Waals surface area contributed by atoms with E-state index in [1.807, 2.05) is 6.92 Å². The van der Waals surface area contributed by atoms with Crippen LogP contribution in [0.15, 0.2) is 0 Å². The number of urea groups is 1. The van der Waals surface area contributed by atoms with E-state index in [-0.39, 0.29) is 18.5 Å². The lowest BCUT2D eigenvalue weighted by Gasteiger charge is -2.21. The van der Waals surface area contributed by atoms with Crippen LogP contribution >= 0.6 is 0 Å². The molecule has 19 heavy (non-hydrogen) atoms. The molecular weight excluding hydrogens is 244 g/mol. The first kappa shape index (κ1) is 17.7. The van der Waals surface area contributed by atoms with Crippen molar-refractivity contribution >= 4 is 12.0 Å². The maximum Gasteiger partial charge on any atom is 0.315 e. The Bertz CT molecular complexity index is 280. The van der Waals surface area contributed by atoms with Crippen LogP contribution in [0.4, 0.5) is 4.79 Å². The van der Waals surface area contributed by atoms with Crippen LogP contribution in [0.5, 0.6) is 0 Å². The molecule has 3 N–H and O–H groups in total. The van der Waals surface area contributed by atoms with Crippen molar-refractivity contribution in [1.82, 2.24) is 10.6 Å². The summed E-state index contributed by atoms with van der Waals surface area (Å²) >= 11 is 0. The van der Waals surface area contributed by atoms with Crippen molar-refractivity contribution in [3.63, 3.8) is 0 Å². The van der Waals surface area contributed by atoms with E-state index in [0.717, 1.165) is 12.8 Å².